The third-order valence-corrected chi connectivity index (χ3v) is 7.12. The number of benzene rings is 2. The fourth-order valence-electron chi connectivity index (χ4n) is 4.98. The normalized spacial score (nSPS) is 19.5. The third-order valence-electron chi connectivity index (χ3n) is 6.81. The first kappa shape index (κ1) is 26.0. The molecule has 7 nitrogen and oxygen atoms in total. The zero-order chi connectivity index (χ0) is 26.6. The molecule has 0 aliphatic carbocycles. The summed E-state index contributed by atoms with van der Waals surface area (Å²) in [7, 11) is 0. The van der Waals surface area contributed by atoms with Crippen LogP contribution in [0.15, 0.2) is 66.9 Å². The first-order valence-electron chi connectivity index (χ1n) is 12.4. The topological polar surface area (TPSA) is 74.8 Å². The van der Waals surface area contributed by atoms with Gasteiger partial charge in [0, 0.05) is 50.1 Å². The van der Waals surface area contributed by atoms with Crippen molar-refractivity contribution in [3.63, 3.8) is 0 Å². The number of hydrogen-bond donors (Lipinski definition) is 1. The van der Waals surface area contributed by atoms with Gasteiger partial charge in [-0.2, -0.15) is 0 Å². The number of morpholine rings is 1. The molecule has 1 N–H and O–H groups in total. The number of nitrogens with zero attached hydrogens (tertiary/aromatic N) is 3. The van der Waals surface area contributed by atoms with Crippen LogP contribution in [0.2, 0.25) is 5.02 Å². The van der Waals surface area contributed by atoms with Crippen molar-refractivity contribution in [2.75, 3.05) is 31.6 Å². The molecule has 2 amide bonds. The molecule has 0 radical (unpaired) electrons. The number of carbonyl (C=O) groups is 2. The summed E-state index contributed by atoms with van der Waals surface area (Å²) >= 11 is 6.51. The van der Waals surface area contributed by atoms with Crippen molar-refractivity contribution in [1.82, 2.24) is 14.8 Å². The number of carbonyl (C=O) groups excluding carboxylic acids is 2. The van der Waals surface area contributed by atoms with E-state index in [0.29, 0.717) is 60.4 Å². The lowest BCUT2D eigenvalue weighted by Gasteiger charge is -2.49. The van der Waals surface area contributed by atoms with Gasteiger partial charge in [-0.15, -0.1) is 0 Å². The van der Waals surface area contributed by atoms with Gasteiger partial charge in [-0.1, -0.05) is 29.8 Å². The van der Waals surface area contributed by atoms with Crippen LogP contribution in [-0.2, 0) is 20.9 Å². The predicted molar refractivity (Wildman–Crippen MR) is 145 cm³/mol. The van der Waals surface area contributed by atoms with Crippen LogP contribution >= 0.6 is 11.6 Å². The molecule has 5 rings (SSSR count). The maximum absolute atomic E-state index is 13.3. The largest absolute Gasteiger partial charge is 0.378 e. The summed E-state index contributed by atoms with van der Waals surface area (Å²) in [5.41, 5.74) is 3.59. The number of anilines is 1. The highest BCUT2D eigenvalue weighted by Gasteiger charge is 2.39. The zero-order valence-corrected chi connectivity index (χ0v) is 21.7. The second-order valence-corrected chi connectivity index (χ2v) is 9.94. The number of rotatable bonds is 6. The molecule has 2 fully saturated rings. The quantitative estimate of drug-likeness (QED) is 0.467. The van der Waals surface area contributed by atoms with Crippen molar-refractivity contribution in [2.24, 2.45) is 0 Å². The van der Waals surface area contributed by atoms with E-state index in [1.54, 1.807) is 30.5 Å². The smallest absolute Gasteiger partial charge is 0.246 e. The van der Waals surface area contributed by atoms with E-state index >= 15 is 0 Å². The number of piperazine rings is 1. The lowest BCUT2D eigenvalue weighted by molar-refractivity contribution is -0.141. The Hall–Kier alpha value is -3.59. The highest BCUT2D eigenvalue weighted by Crippen LogP contribution is 2.33. The molecule has 2 unspecified atom stereocenters. The summed E-state index contributed by atoms with van der Waals surface area (Å²) in [5.74, 6) is -0.613. The van der Waals surface area contributed by atoms with Crippen molar-refractivity contribution in [3.05, 3.63) is 88.8 Å². The van der Waals surface area contributed by atoms with Gasteiger partial charge in [0.15, 0.2) is 0 Å². The molecule has 2 aliphatic rings. The maximum atomic E-state index is 13.3. The van der Waals surface area contributed by atoms with E-state index in [1.165, 1.54) is 25.1 Å². The van der Waals surface area contributed by atoms with Gasteiger partial charge < -0.3 is 15.0 Å². The number of pyridine rings is 1. The standard InChI is InChI=1S/C29H28ClFN4O3/c1-19(36)33-28-13-26(30)25(27-4-2-3-11-32-27)12-21(28)7-10-29(37)34-15-23-17-38-18-24(16-34)35(23)14-20-5-8-22(31)9-6-20/h2-13,23-24H,14-18H2,1H3,(H,33,36)/b10-7+. The summed E-state index contributed by atoms with van der Waals surface area (Å²) in [6.07, 6.45) is 4.92. The predicted octanol–water partition coefficient (Wildman–Crippen LogP) is 4.62. The number of nitrogens with one attached hydrogen (secondary N) is 1. The summed E-state index contributed by atoms with van der Waals surface area (Å²) in [4.78, 5) is 33.6. The fourth-order valence-corrected chi connectivity index (χ4v) is 5.24. The van der Waals surface area contributed by atoms with Crippen molar-refractivity contribution in [3.8, 4) is 11.3 Å². The molecule has 0 spiro atoms. The lowest BCUT2D eigenvalue weighted by atomic mass is 10.0. The lowest BCUT2D eigenvalue weighted by Crippen LogP contribution is -2.64. The van der Waals surface area contributed by atoms with Crippen LogP contribution < -0.4 is 5.32 Å². The van der Waals surface area contributed by atoms with Gasteiger partial charge in [-0.25, -0.2) is 4.39 Å². The summed E-state index contributed by atoms with van der Waals surface area (Å²) in [6.45, 7) is 4.22. The van der Waals surface area contributed by atoms with E-state index in [9.17, 15) is 14.0 Å². The van der Waals surface area contributed by atoms with Gasteiger partial charge in [0.05, 0.1) is 36.0 Å². The Labute approximate surface area is 225 Å². The molecule has 3 heterocycles. The Morgan fingerprint density at radius 1 is 1.13 bits per heavy atom. The highest BCUT2D eigenvalue weighted by molar-refractivity contribution is 6.33. The molecule has 3 aromatic rings. The molecule has 196 valence electrons. The van der Waals surface area contributed by atoms with Crippen molar-refractivity contribution < 1.29 is 18.7 Å². The van der Waals surface area contributed by atoms with E-state index in [4.69, 9.17) is 16.3 Å². The highest BCUT2D eigenvalue weighted by atomic mass is 35.5. The van der Waals surface area contributed by atoms with Gasteiger partial charge >= 0.3 is 0 Å². The molecule has 9 heteroatoms. The Bertz CT molecular complexity index is 1340. The van der Waals surface area contributed by atoms with Gasteiger partial charge in [0.1, 0.15) is 5.82 Å². The van der Waals surface area contributed by atoms with Crippen LogP contribution in [-0.4, -0.2) is 65.0 Å². The zero-order valence-electron chi connectivity index (χ0n) is 20.9. The molecule has 2 saturated heterocycles. The monoisotopic (exact) mass is 534 g/mol. The molecule has 2 aliphatic heterocycles. The second kappa shape index (κ2) is 11.4. The van der Waals surface area contributed by atoms with Gasteiger partial charge in [-0.3, -0.25) is 19.5 Å². The molecule has 1 aromatic heterocycles. The van der Waals surface area contributed by atoms with Crippen molar-refractivity contribution in [2.45, 2.75) is 25.6 Å². The maximum Gasteiger partial charge on any atom is 0.246 e. The number of aromatic nitrogens is 1. The molecule has 2 aromatic carbocycles. The Morgan fingerprint density at radius 3 is 2.53 bits per heavy atom. The summed E-state index contributed by atoms with van der Waals surface area (Å²) in [5, 5.41) is 3.24. The van der Waals surface area contributed by atoms with Crippen LogP contribution in [0.4, 0.5) is 10.1 Å². The van der Waals surface area contributed by atoms with Crippen LogP contribution in [0.1, 0.15) is 18.1 Å². The minimum Gasteiger partial charge on any atom is -0.378 e. The van der Waals surface area contributed by atoms with Gasteiger partial charge in [-0.05, 0) is 53.6 Å². The van der Waals surface area contributed by atoms with Crippen molar-refractivity contribution >= 4 is 35.2 Å². The van der Waals surface area contributed by atoms with Crippen LogP contribution in [0.3, 0.4) is 0 Å². The minimum absolute atomic E-state index is 0.0473. The van der Waals surface area contributed by atoms with Crippen molar-refractivity contribution in [1.29, 1.82) is 0 Å². The van der Waals surface area contributed by atoms with E-state index in [1.807, 2.05) is 29.2 Å². The number of halogens is 2. The Balaban J connectivity index is 1.34. The summed E-state index contributed by atoms with van der Waals surface area (Å²) in [6, 6.07) is 15.7. The number of amides is 2. The first-order chi connectivity index (χ1) is 18.4. The molecule has 2 bridgehead atoms. The Morgan fingerprint density at radius 2 is 1.87 bits per heavy atom. The van der Waals surface area contributed by atoms with E-state index in [2.05, 4.69) is 15.2 Å². The minimum atomic E-state index is -0.256. The van der Waals surface area contributed by atoms with Crippen LogP contribution in [0, 0.1) is 5.82 Å². The van der Waals surface area contributed by atoms with Gasteiger partial charge in [0.25, 0.3) is 0 Å². The second-order valence-electron chi connectivity index (χ2n) is 9.54. The number of hydrogen-bond acceptors (Lipinski definition) is 5. The third kappa shape index (κ3) is 5.93. The molecular formula is C29H28ClFN4O3. The SMILES string of the molecule is CC(=O)Nc1cc(Cl)c(-c2ccccn2)cc1/C=C/C(=O)N1CC2COCC(C1)N2Cc1ccc(F)cc1. The average molecular weight is 535 g/mol. The van der Waals surface area contributed by atoms with Crippen LogP contribution in [0.5, 0.6) is 0 Å². The number of ether oxygens (including phenoxy) is 1. The average Bonchev–Trinajstić information content (AvgIpc) is 2.89. The van der Waals surface area contributed by atoms with E-state index < -0.39 is 0 Å². The molecule has 2 atom stereocenters. The number of fused-ring (bicyclic) bond motifs is 2. The first-order valence-corrected chi connectivity index (χ1v) is 12.8. The Kier molecular flexibility index (Phi) is 7.83. The molecule has 0 saturated carbocycles. The summed E-state index contributed by atoms with van der Waals surface area (Å²) < 4.78 is 19.1. The van der Waals surface area contributed by atoms with E-state index in [0.717, 1.165) is 5.56 Å². The molecule has 38 heavy (non-hydrogen) atoms. The van der Waals surface area contributed by atoms with Crippen LogP contribution in [0.25, 0.3) is 17.3 Å². The molecular weight excluding hydrogens is 507 g/mol. The van der Waals surface area contributed by atoms with E-state index in [-0.39, 0.29) is 29.7 Å². The van der Waals surface area contributed by atoms with Gasteiger partial charge in [0.2, 0.25) is 11.8 Å². The fraction of sp³-hybridized carbons (Fsp3) is 0.276.